The van der Waals surface area contributed by atoms with Crippen LogP contribution >= 0.6 is 34.2 Å². The number of fused-ring (bicyclic) bond motifs is 1. The minimum atomic E-state index is -0.353. The Labute approximate surface area is 86.2 Å². The van der Waals surface area contributed by atoms with Gasteiger partial charge in [-0.25, -0.2) is 4.39 Å². The quantitative estimate of drug-likeness (QED) is 0.744. The summed E-state index contributed by atoms with van der Waals surface area (Å²) in [5.41, 5.74) is 0.298. The third-order valence-corrected chi connectivity index (χ3v) is 2.66. The van der Waals surface area contributed by atoms with Crippen molar-refractivity contribution in [3.63, 3.8) is 0 Å². The molecule has 0 aliphatic heterocycles. The van der Waals surface area contributed by atoms with Crippen molar-refractivity contribution in [1.82, 2.24) is 10.2 Å². The van der Waals surface area contributed by atoms with Crippen LogP contribution in [0.15, 0.2) is 12.1 Å². The zero-order valence-electron chi connectivity index (χ0n) is 5.74. The van der Waals surface area contributed by atoms with Crippen molar-refractivity contribution in [2.45, 2.75) is 0 Å². The minimum Gasteiger partial charge on any atom is -0.271 e. The summed E-state index contributed by atoms with van der Waals surface area (Å²) in [7, 11) is 0. The number of aromatic amines is 1. The number of halogens is 3. The Kier molecular flexibility index (Phi) is 1.96. The van der Waals surface area contributed by atoms with E-state index in [1.54, 1.807) is 0 Å². The van der Waals surface area contributed by atoms with Gasteiger partial charge < -0.3 is 0 Å². The van der Waals surface area contributed by atoms with Gasteiger partial charge in [-0.1, -0.05) is 11.6 Å². The van der Waals surface area contributed by atoms with E-state index in [0.717, 1.165) is 3.70 Å². The number of benzene rings is 1. The monoisotopic (exact) mass is 296 g/mol. The molecule has 62 valence electrons. The van der Waals surface area contributed by atoms with E-state index in [0.29, 0.717) is 15.9 Å². The summed E-state index contributed by atoms with van der Waals surface area (Å²) in [6.07, 6.45) is 0. The van der Waals surface area contributed by atoms with Gasteiger partial charge in [-0.05, 0) is 34.7 Å². The summed E-state index contributed by atoms with van der Waals surface area (Å²) in [6.45, 7) is 0. The van der Waals surface area contributed by atoms with E-state index < -0.39 is 0 Å². The number of nitrogens with one attached hydrogen (secondary N) is 1. The largest absolute Gasteiger partial charge is 0.271 e. The van der Waals surface area contributed by atoms with E-state index in [9.17, 15) is 4.39 Å². The lowest BCUT2D eigenvalue weighted by molar-refractivity contribution is 0.636. The van der Waals surface area contributed by atoms with Gasteiger partial charge in [0.2, 0.25) is 0 Å². The minimum absolute atomic E-state index is 0.298. The van der Waals surface area contributed by atoms with Crippen LogP contribution in [0.2, 0.25) is 5.02 Å². The number of hydrogen-bond acceptors (Lipinski definition) is 1. The molecular formula is C7H3ClFIN2. The van der Waals surface area contributed by atoms with Crippen LogP contribution in [-0.4, -0.2) is 10.2 Å². The molecule has 0 spiro atoms. The molecule has 0 aliphatic rings. The normalized spacial score (nSPS) is 10.9. The highest BCUT2D eigenvalue weighted by molar-refractivity contribution is 14.1. The maximum Gasteiger partial charge on any atom is 0.151 e. The van der Waals surface area contributed by atoms with Crippen molar-refractivity contribution in [3.05, 3.63) is 26.7 Å². The Morgan fingerprint density at radius 1 is 1.50 bits per heavy atom. The van der Waals surface area contributed by atoms with Gasteiger partial charge in [0.25, 0.3) is 0 Å². The molecule has 1 aromatic carbocycles. The fourth-order valence-electron chi connectivity index (χ4n) is 1.02. The first-order valence-electron chi connectivity index (χ1n) is 3.17. The molecule has 0 fully saturated rings. The first kappa shape index (κ1) is 8.25. The van der Waals surface area contributed by atoms with Gasteiger partial charge in [-0.2, -0.15) is 5.10 Å². The van der Waals surface area contributed by atoms with Crippen molar-refractivity contribution >= 4 is 45.1 Å². The lowest BCUT2D eigenvalue weighted by Crippen LogP contribution is -1.77. The van der Waals surface area contributed by atoms with E-state index in [1.165, 1.54) is 12.1 Å². The lowest BCUT2D eigenvalue weighted by Gasteiger charge is -1.93. The Balaban J connectivity index is 2.98. The molecule has 0 atom stereocenters. The summed E-state index contributed by atoms with van der Waals surface area (Å²) >= 11 is 7.87. The second kappa shape index (κ2) is 2.85. The van der Waals surface area contributed by atoms with Gasteiger partial charge in [0.05, 0.1) is 10.4 Å². The Morgan fingerprint density at radius 2 is 2.25 bits per heavy atom. The smallest absolute Gasteiger partial charge is 0.151 e. The highest BCUT2D eigenvalue weighted by Crippen LogP contribution is 2.27. The molecule has 1 N–H and O–H groups in total. The van der Waals surface area contributed by atoms with E-state index in [1.807, 2.05) is 22.6 Å². The molecule has 5 heteroatoms. The van der Waals surface area contributed by atoms with Crippen molar-refractivity contribution in [2.24, 2.45) is 0 Å². The zero-order valence-corrected chi connectivity index (χ0v) is 8.65. The van der Waals surface area contributed by atoms with Crippen molar-refractivity contribution in [3.8, 4) is 0 Å². The van der Waals surface area contributed by atoms with Gasteiger partial charge in [0, 0.05) is 0 Å². The molecule has 2 aromatic rings. The van der Waals surface area contributed by atoms with Crippen molar-refractivity contribution in [1.29, 1.82) is 0 Å². The third kappa shape index (κ3) is 1.09. The molecule has 1 aromatic heterocycles. The molecule has 0 saturated carbocycles. The highest BCUT2D eigenvalue weighted by atomic mass is 127. The van der Waals surface area contributed by atoms with Crippen LogP contribution in [0.1, 0.15) is 0 Å². The van der Waals surface area contributed by atoms with Gasteiger partial charge in [-0.3, -0.25) is 5.10 Å². The topological polar surface area (TPSA) is 28.7 Å². The van der Waals surface area contributed by atoms with Crippen LogP contribution in [-0.2, 0) is 0 Å². The summed E-state index contributed by atoms with van der Waals surface area (Å²) in [5.74, 6) is -0.353. The number of rotatable bonds is 0. The molecule has 2 rings (SSSR count). The number of nitrogens with zero attached hydrogens (tertiary/aromatic N) is 1. The maximum absolute atomic E-state index is 13.0. The highest BCUT2D eigenvalue weighted by Gasteiger charge is 2.10. The van der Waals surface area contributed by atoms with Crippen molar-refractivity contribution in [2.75, 3.05) is 0 Å². The fourth-order valence-corrected chi connectivity index (χ4v) is 2.09. The first-order valence-corrected chi connectivity index (χ1v) is 4.63. The lowest BCUT2D eigenvalue weighted by atomic mass is 10.2. The SMILES string of the molecule is Fc1ccc(Cl)c2c(I)[nH]nc12. The van der Waals surface area contributed by atoms with Crippen LogP contribution in [0, 0.1) is 9.52 Å². The third-order valence-electron chi connectivity index (χ3n) is 1.56. The average Bonchev–Trinajstić information content (AvgIpc) is 2.42. The van der Waals surface area contributed by atoms with Gasteiger partial charge in [0.1, 0.15) is 9.22 Å². The predicted molar refractivity (Wildman–Crippen MR) is 53.8 cm³/mol. The summed E-state index contributed by atoms with van der Waals surface area (Å²) in [5, 5.41) is 7.63. The first-order chi connectivity index (χ1) is 5.70. The summed E-state index contributed by atoms with van der Waals surface area (Å²) < 4.78 is 13.8. The van der Waals surface area contributed by atoms with E-state index in [4.69, 9.17) is 11.6 Å². The molecule has 0 amide bonds. The second-order valence-corrected chi connectivity index (χ2v) is 3.78. The van der Waals surface area contributed by atoms with Gasteiger partial charge >= 0.3 is 0 Å². The molecule has 0 bridgehead atoms. The van der Waals surface area contributed by atoms with Crippen LogP contribution < -0.4 is 0 Å². The van der Waals surface area contributed by atoms with Crippen LogP contribution in [0.4, 0.5) is 4.39 Å². The standard InChI is InChI=1S/C7H3ClFIN2/c8-3-1-2-4(9)6-5(3)7(10)12-11-6/h1-2H,(H,11,12). The van der Waals surface area contributed by atoms with Gasteiger partial charge in [-0.15, -0.1) is 0 Å². The van der Waals surface area contributed by atoms with Gasteiger partial charge in [0.15, 0.2) is 5.82 Å². The average molecular weight is 296 g/mol. The molecule has 0 radical (unpaired) electrons. The molecule has 2 nitrogen and oxygen atoms in total. The zero-order chi connectivity index (χ0) is 8.72. The fraction of sp³-hybridized carbons (Fsp3) is 0. The second-order valence-electron chi connectivity index (χ2n) is 2.29. The van der Waals surface area contributed by atoms with Crippen LogP contribution in [0.5, 0.6) is 0 Å². The molecule has 0 saturated heterocycles. The molecular weight excluding hydrogens is 293 g/mol. The Hall–Kier alpha value is -0.360. The van der Waals surface area contributed by atoms with Crippen LogP contribution in [0.3, 0.4) is 0 Å². The molecule has 12 heavy (non-hydrogen) atoms. The summed E-state index contributed by atoms with van der Waals surface area (Å²) in [6, 6.07) is 2.83. The summed E-state index contributed by atoms with van der Waals surface area (Å²) in [4.78, 5) is 0. The van der Waals surface area contributed by atoms with Crippen LogP contribution in [0.25, 0.3) is 10.9 Å². The predicted octanol–water partition coefficient (Wildman–Crippen LogP) is 2.96. The molecule has 0 unspecified atom stereocenters. The van der Waals surface area contributed by atoms with E-state index in [2.05, 4.69) is 10.2 Å². The number of aromatic nitrogens is 2. The number of hydrogen-bond donors (Lipinski definition) is 1. The van der Waals surface area contributed by atoms with Crippen molar-refractivity contribution < 1.29 is 4.39 Å². The van der Waals surface area contributed by atoms with E-state index >= 15 is 0 Å². The molecule has 0 aliphatic carbocycles. The number of H-pyrrole nitrogens is 1. The Bertz CT molecular complexity index is 440. The Morgan fingerprint density at radius 3 is 2.92 bits per heavy atom. The maximum atomic E-state index is 13.0. The molecule has 1 heterocycles. The van der Waals surface area contributed by atoms with E-state index in [-0.39, 0.29) is 5.82 Å².